The predicted octanol–water partition coefficient (Wildman–Crippen LogP) is 1.20. The van der Waals surface area contributed by atoms with Crippen molar-refractivity contribution in [2.45, 2.75) is 47.6 Å². The second-order valence-corrected chi connectivity index (χ2v) is 8.29. The smallest absolute Gasteiger partial charge is 0.267 e. The maximum absolute atomic E-state index is 12.3. The first kappa shape index (κ1) is 16.9. The van der Waals surface area contributed by atoms with Crippen LogP contribution in [0.25, 0.3) is 0 Å². The molecular formula is C15H21N3O3S2. The minimum absolute atomic E-state index is 0.00777. The van der Waals surface area contributed by atoms with E-state index in [1.807, 2.05) is 0 Å². The number of nitrogens with one attached hydrogen (secondary N) is 1. The maximum Gasteiger partial charge on any atom is 0.267 e. The summed E-state index contributed by atoms with van der Waals surface area (Å²) >= 11 is 2.90. The van der Waals surface area contributed by atoms with Gasteiger partial charge in [-0.15, -0.1) is 11.8 Å². The molecule has 1 saturated heterocycles. The number of amides is 1. The van der Waals surface area contributed by atoms with Crippen molar-refractivity contribution in [3.8, 4) is 0 Å². The summed E-state index contributed by atoms with van der Waals surface area (Å²) in [4.78, 5) is 29.6. The summed E-state index contributed by atoms with van der Waals surface area (Å²) < 4.78 is 7.02. The van der Waals surface area contributed by atoms with Crippen LogP contribution in [0.15, 0.2) is 14.8 Å². The average molecular weight is 355 g/mol. The van der Waals surface area contributed by atoms with Crippen LogP contribution in [0.1, 0.15) is 25.5 Å². The molecule has 0 bridgehead atoms. The zero-order valence-corrected chi connectivity index (χ0v) is 15.0. The molecule has 0 aliphatic carbocycles. The fraction of sp³-hybridized carbons (Fsp3) is 0.667. The van der Waals surface area contributed by atoms with Crippen molar-refractivity contribution in [1.29, 1.82) is 0 Å². The van der Waals surface area contributed by atoms with E-state index in [0.29, 0.717) is 17.0 Å². The van der Waals surface area contributed by atoms with Gasteiger partial charge in [0.15, 0.2) is 5.16 Å². The lowest BCUT2D eigenvalue weighted by atomic mass is 10.2. The Hall–Kier alpha value is -0.990. The molecule has 2 atom stereocenters. The number of fused-ring (bicyclic) bond motifs is 1. The van der Waals surface area contributed by atoms with E-state index in [9.17, 15) is 9.59 Å². The van der Waals surface area contributed by atoms with Crippen molar-refractivity contribution in [1.82, 2.24) is 14.9 Å². The number of carbonyl (C=O) groups excluding carboxylic acids is 1. The number of thioether (sulfide) groups is 2. The van der Waals surface area contributed by atoms with Gasteiger partial charge >= 0.3 is 0 Å². The Morgan fingerprint density at radius 3 is 3.13 bits per heavy atom. The van der Waals surface area contributed by atoms with Crippen LogP contribution in [-0.2, 0) is 23.0 Å². The van der Waals surface area contributed by atoms with Crippen LogP contribution in [0, 0.1) is 0 Å². The molecule has 126 valence electrons. The van der Waals surface area contributed by atoms with Crippen molar-refractivity contribution >= 4 is 29.4 Å². The number of aromatic nitrogens is 2. The van der Waals surface area contributed by atoms with Gasteiger partial charge in [-0.25, -0.2) is 4.98 Å². The van der Waals surface area contributed by atoms with Gasteiger partial charge in [0.1, 0.15) is 0 Å². The summed E-state index contributed by atoms with van der Waals surface area (Å²) in [6, 6.07) is 0. The maximum atomic E-state index is 12.3. The van der Waals surface area contributed by atoms with Gasteiger partial charge in [-0.05, 0) is 12.8 Å². The molecular weight excluding hydrogens is 334 g/mol. The van der Waals surface area contributed by atoms with Crippen molar-refractivity contribution in [2.24, 2.45) is 7.05 Å². The molecule has 1 fully saturated rings. The Kier molecular flexibility index (Phi) is 5.33. The zero-order valence-electron chi connectivity index (χ0n) is 13.3. The van der Waals surface area contributed by atoms with Crippen molar-refractivity contribution in [3.63, 3.8) is 0 Å². The van der Waals surface area contributed by atoms with E-state index in [1.165, 1.54) is 11.8 Å². The van der Waals surface area contributed by atoms with Crippen molar-refractivity contribution in [3.05, 3.63) is 16.0 Å². The normalized spacial score (nSPS) is 23.0. The van der Waals surface area contributed by atoms with Gasteiger partial charge in [-0.1, -0.05) is 18.7 Å². The molecule has 23 heavy (non-hydrogen) atoms. The Bertz CT molecular complexity index is 656. The Balaban J connectivity index is 1.58. The van der Waals surface area contributed by atoms with E-state index in [0.717, 1.165) is 36.5 Å². The molecule has 8 heteroatoms. The molecule has 1 aromatic heterocycles. The monoisotopic (exact) mass is 355 g/mol. The van der Waals surface area contributed by atoms with Crippen LogP contribution in [-0.4, -0.2) is 45.7 Å². The number of ether oxygens (including phenoxy) is 1. The van der Waals surface area contributed by atoms with E-state index in [4.69, 9.17) is 4.74 Å². The fourth-order valence-electron chi connectivity index (χ4n) is 2.72. The second-order valence-electron chi connectivity index (χ2n) is 5.89. The molecule has 0 saturated carbocycles. The van der Waals surface area contributed by atoms with E-state index in [2.05, 4.69) is 17.2 Å². The van der Waals surface area contributed by atoms with E-state index in [-0.39, 0.29) is 23.3 Å². The molecule has 3 rings (SSSR count). The molecule has 1 amide bonds. The summed E-state index contributed by atoms with van der Waals surface area (Å²) in [7, 11) is 1.71. The zero-order chi connectivity index (χ0) is 16.4. The van der Waals surface area contributed by atoms with Gasteiger partial charge < -0.3 is 10.1 Å². The first-order valence-corrected chi connectivity index (χ1v) is 9.68. The molecule has 2 aliphatic rings. The Labute approximate surface area is 143 Å². The molecule has 0 radical (unpaired) electrons. The standard InChI is InChI=1S/C15H21N3O3S2/c1-9-6-11-13(23-9)14(20)18(2)15(17-11)22-8-12(19)16-7-10-4-3-5-21-10/h9-10H,3-8H2,1-2H3,(H,16,19)/t9-,10+/m1/s1. The summed E-state index contributed by atoms with van der Waals surface area (Å²) in [5, 5.41) is 3.88. The van der Waals surface area contributed by atoms with Crippen molar-refractivity contribution < 1.29 is 9.53 Å². The molecule has 3 heterocycles. The van der Waals surface area contributed by atoms with E-state index >= 15 is 0 Å². The van der Waals surface area contributed by atoms with E-state index in [1.54, 1.807) is 23.4 Å². The van der Waals surface area contributed by atoms with Crippen LogP contribution >= 0.6 is 23.5 Å². The molecule has 1 aromatic rings. The second kappa shape index (κ2) is 7.27. The highest BCUT2D eigenvalue weighted by Crippen LogP contribution is 2.33. The van der Waals surface area contributed by atoms with Gasteiger partial charge in [-0.3, -0.25) is 14.2 Å². The molecule has 0 unspecified atom stereocenters. The minimum Gasteiger partial charge on any atom is -0.376 e. The number of carbonyl (C=O) groups is 1. The lowest BCUT2D eigenvalue weighted by molar-refractivity contribution is -0.119. The van der Waals surface area contributed by atoms with Crippen LogP contribution in [0.4, 0.5) is 0 Å². The van der Waals surface area contributed by atoms with Gasteiger partial charge in [0, 0.05) is 31.9 Å². The van der Waals surface area contributed by atoms with Gasteiger partial charge in [0.25, 0.3) is 5.56 Å². The number of rotatable bonds is 5. The largest absolute Gasteiger partial charge is 0.376 e. The number of hydrogen-bond donors (Lipinski definition) is 1. The molecule has 1 N–H and O–H groups in total. The number of hydrogen-bond acceptors (Lipinski definition) is 6. The first-order valence-electron chi connectivity index (χ1n) is 7.82. The third-order valence-electron chi connectivity index (χ3n) is 3.96. The molecule has 6 nitrogen and oxygen atoms in total. The Morgan fingerprint density at radius 1 is 1.57 bits per heavy atom. The van der Waals surface area contributed by atoms with Crippen LogP contribution in [0.3, 0.4) is 0 Å². The highest BCUT2D eigenvalue weighted by atomic mass is 32.2. The highest BCUT2D eigenvalue weighted by Gasteiger charge is 2.25. The SMILES string of the molecule is C[C@@H]1Cc2nc(SCC(=O)NC[C@@H]3CCCO3)n(C)c(=O)c2S1. The lowest BCUT2D eigenvalue weighted by Gasteiger charge is -2.11. The summed E-state index contributed by atoms with van der Waals surface area (Å²) in [5.41, 5.74) is 0.861. The third kappa shape index (κ3) is 3.92. The topological polar surface area (TPSA) is 73.2 Å². The van der Waals surface area contributed by atoms with E-state index < -0.39 is 0 Å². The predicted molar refractivity (Wildman–Crippen MR) is 91.2 cm³/mol. The molecule has 0 aromatic carbocycles. The molecule has 0 spiro atoms. The lowest BCUT2D eigenvalue weighted by Crippen LogP contribution is -2.33. The van der Waals surface area contributed by atoms with Gasteiger partial charge in [-0.2, -0.15) is 0 Å². The Morgan fingerprint density at radius 2 is 2.39 bits per heavy atom. The number of nitrogens with zero attached hydrogens (tertiary/aromatic N) is 2. The summed E-state index contributed by atoms with van der Waals surface area (Å²) in [6.07, 6.45) is 3.02. The van der Waals surface area contributed by atoms with Crippen LogP contribution in [0.2, 0.25) is 0 Å². The highest BCUT2D eigenvalue weighted by molar-refractivity contribution is 8.00. The van der Waals surface area contributed by atoms with Crippen LogP contribution in [0.5, 0.6) is 0 Å². The average Bonchev–Trinajstić information content (AvgIpc) is 3.16. The van der Waals surface area contributed by atoms with Gasteiger partial charge in [0.2, 0.25) is 5.91 Å². The third-order valence-corrected chi connectivity index (χ3v) is 6.21. The molecule has 2 aliphatic heterocycles. The van der Waals surface area contributed by atoms with Crippen LogP contribution < -0.4 is 10.9 Å². The summed E-state index contributed by atoms with van der Waals surface area (Å²) in [6.45, 7) is 3.44. The minimum atomic E-state index is -0.0528. The van der Waals surface area contributed by atoms with Crippen molar-refractivity contribution in [2.75, 3.05) is 18.9 Å². The quantitative estimate of drug-likeness (QED) is 0.632. The van der Waals surface area contributed by atoms with Gasteiger partial charge in [0.05, 0.1) is 22.4 Å². The fourth-order valence-corrected chi connectivity index (χ4v) is 4.68. The first-order chi connectivity index (χ1) is 11.0. The summed E-state index contributed by atoms with van der Waals surface area (Å²) in [5.74, 6) is 0.206.